The predicted octanol–water partition coefficient (Wildman–Crippen LogP) is 0.337. The van der Waals surface area contributed by atoms with E-state index in [-0.39, 0.29) is 18.6 Å². The molecule has 1 aromatic carbocycles. The molecule has 0 amide bonds. The standard InChI is InChI=1S/C18H20N4O5/c1-8-3-11-12(4-9(8)2)20-16(19-11)10-6-22(18(26)21-17(10)25)15-5-13(24)14(7-23)27-15/h3-4,6,13-15,23-24H,5,7H2,1-2H3,(H,19,20)(H,21,25,26)/t13-,14+,15+/m0/s1. The summed E-state index contributed by atoms with van der Waals surface area (Å²) in [6, 6.07) is 3.88. The Morgan fingerprint density at radius 1 is 1.26 bits per heavy atom. The van der Waals surface area contributed by atoms with E-state index < -0.39 is 29.7 Å². The highest BCUT2D eigenvalue weighted by Crippen LogP contribution is 2.28. The number of rotatable bonds is 3. The van der Waals surface area contributed by atoms with Crippen LogP contribution in [0.2, 0.25) is 0 Å². The number of fused-ring (bicyclic) bond motifs is 1. The van der Waals surface area contributed by atoms with Gasteiger partial charge in [0.15, 0.2) is 0 Å². The molecule has 3 atom stereocenters. The summed E-state index contributed by atoms with van der Waals surface area (Å²) in [7, 11) is 0. The molecule has 0 radical (unpaired) electrons. The van der Waals surface area contributed by atoms with Crippen molar-refractivity contribution in [2.75, 3.05) is 6.61 Å². The Labute approximate surface area is 153 Å². The molecule has 2 aromatic heterocycles. The average Bonchev–Trinajstić information content (AvgIpc) is 3.18. The van der Waals surface area contributed by atoms with Crippen molar-refractivity contribution in [1.29, 1.82) is 0 Å². The molecule has 3 heterocycles. The van der Waals surface area contributed by atoms with E-state index in [1.807, 2.05) is 26.0 Å². The lowest BCUT2D eigenvalue weighted by molar-refractivity contribution is -0.0458. The first-order valence-electron chi connectivity index (χ1n) is 8.64. The van der Waals surface area contributed by atoms with Gasteiger partial charge in [-0.1, -0.05) is 0 Å². The zero-order valence-corrected chi connectivity index (χ0v) is 14.9. The largest absolute Gasteiger partial charge is 0.394 e. The van der Waals surface area contributed by atoms with Crippen LogP contribution in [-0.2, 0) is 4.74 Å². The topological polar surface area (TPSA) is 133 Å². The Morgan fingerprint density at radius 2 is 2.00 bits per heavy atom. The quantitative estimate of drug-likeness (QED) is 0.524. The molecule has 3 aromatic rings. The fourth-order valence-corrected chi connectivity index (χ4v) is 3.32. The number of aliphatic hydroxyl groups is 2. The second-order valence-electron chi connectivity index (χ2n) is 6.86. The molecule has 0 spiro atoms. The maximum absolute atomic E-state index is 12.3. The second kappa shape index (κ2) is 6.45. The van der Waals surface area contributed by atoms with Crippen LogP contribution < -0.4 is 11.2 Å². The minimum Gasteiger partial charge on any atom is -0.394 e. The van der Waals surface area contributed by atoms with Crippen molar-refractivity contribution in [3.05, 3.63) is 50.3 Å². The zero-order chi connectivity index (χ0) is 19.3. The third-order valence-electron chi connectivity index (χ3n) is 5.01. The molecule has 0 bridgehead atoms. The summed E-state index contributed by atoms with van der Waals surface area (Å²) in [5, 5.41) is 19.1. The van der Waals surface area contributed by atoms with Gasteiger partial charge < -0.3 is 19.9 Å². The van der Waals surface area contributed by atoms with Crippen LogP contribution in [0.15, 0.2) is 27.9 Å². The van der Waals surface area contributed by atoms with Gasteiger partial charge in [0, 0.05) is 12.6 Å². The second-order valence-corrected chi connectivity index (χ2v) is 6.86. The molecular formula is C18H20N4O5. The first kappa shape index (κ1) is 17.7. The van der Waals surface area contributed by atoms with Crippen LogP contribution in [0.4, 0.5) is 0 Å². The minimum absolute atomic E-state index is 0.134. The summed E-state index contributed by atoms with van der Waals surface area (Å²) in [5.74, 6) is 0.335. The van der Waals surface area contributed by atoms with Crippen molar-refractivity contribution in [1.82, 2.24) is 19.5 Å². The summed E-state index contributed by atoms with van der Waals surface area (Å²) in [4.78, 5) is 34.4. The van der Waals surface area contributed by atoms with Crippen LogP contribution in [0.5, 0.6) is 0 Å². The Morgan fingerprint density at radius 3 is 2.70 bits per heavy atom. The van der Waals surface area contributed by atoms with Gasteiger partial charge >= 0.3 is 5.69 Å². The molecule has 4 N–H and O–H groups in total. The highest BCUT2D eigenvalue weighted by Gasteiger charge is 2.35. The predicted molar refractivity (Wildman–Crippen MR) is 97.5 cm³/mol. The number of hydrogen-bond donors (Lipinski definition) is 4. The highest BCUT2D eigenvalue weighted by molar-refractivity contribution is 5.80. The Hall–Kier alpha value is -2.75. The summed E-state index contributed by atoms with van der Waals surface area (Å²) >= 11 is 0. The Balaban J connectivity index is 1.80. The van der Waals surface area contributed by atoms with E-state index in [1.54, 1.807) is 0 Å². The van der Waals surface area contributed by atoms with Gasteiger partial charge in [0.05, 0.1) is 29.3 Å². The molecule has 0 aliphatic carbocycles. The van der Waals surface area contributed by atoms with Gasteiger partial charge in [0.25, 0.3) is 5.56 Å². The number of aromatic nitrogens is 4. The molecule has 1 saturated heterocycles. The lowest BCUT2D eigenvalue weighted by Crippen LogP contribution is -2.33. The van der Waals surface area contributed by atoms with E-state index in [0.29, 0.717) is 5.82 Å². The van der Waals surface area contributed by atoms with Gasteiger partial charge in [-0.05, 0) is 37.1 Å². The number of nitrogens with zero attached hydrogens (tertiary/aromatic N) is 2. The number of H-pyrrole nitrogens is 2. The number of hydrogen-bond acceptors (Lipinski definition) is 6. The van der Waals surface area contributed by atoms with Gasteiger partial charge in [0.1, 0.15) is 18.2 Å². The summed E-state index contributed by atoms with van der Waals surface area (Å²) in [6.07, 6.45) is -0.937. The average molecular weight is 372 g/mol. The van der Waals surface area contributed by atoms with E-state index >= 15 is 0 Å². The van der Waals surface area contributed by atoms with Crippen molar-refractivity contribution in [3.8, 4) is 11.4 Å². The summed E-state index contributed by atoms with van der Waals surface area (Å²) in [6.45, 7) is 3.62. The van der Waals surface area contributed by atoms with E-state index in [1.165, 1.54) is 10.8 Å². The molecule has 1 fully saturated rings. The SMILES string of the molecule is Cc1cc2nc(-c3cn([C@H]4C[C@H](O)[C@@H](CO)O4)c(=O)[nH]c3=O)[nH]c2cc1C. The van der Waals surface area contributed by atoms with Gasteiger partial charge in [-0.2, -0.15) is 0 Å². The van der Waals surface area contributed by atoms with E-state index in [2.05, 4.69) is 15.0 Å². The minimum atomic E-state index is -0.889. The van der Waals surface area contributed by atoms with Crippen LogP contribution in [0, 0.1) is 13.8 Å². The van der Waals surface area contributed by atoms with Crippen LogP contribution >= 0.6 is 0 Å². The highest BCUT2D eigenvalue weighted by atomic mass is 16.5. The molecule has 9 heteroatoms. The van der Waals surface area contributed by atoms with Crippen LogP contribution in [0.1, 0.15) is 23.8 Å². The van der Waals surface area contributed by atoms with Crippen molar-refractivity contribution < 1.29 is 14.9 Å². The van der Waals surface area contributed by atoms with E-state index in [4.69, 9.17) is 4.74 Å². The van der Waals surface area contributed by atoms with Gasteiger partial charge in [-0.3, -0.25) is 14.3 Å². The maximum atomic E-state index is 12.3. The first-order chi connectivity index (χ1) is 12.9. The smallest absolute Gasteiger partial charge is 0.330 e. The van der Waals surface area contributed by atoms with Crippen molar-refractivity contribution in [3.63, 3.8) is 0 Å². The molecule has 1 aliphatic heterocycles. The number of aryl methyl sites for hydroxylation is 2. The zero-order valence-electron chi connectivity index (χ0n) is 14.9. The van der Waals surface area contributed by atoms with Gasteiger partial charge in [-0.15, -0.1) is 0 Å². The number of ether oxygens (including phenoxy) is 1. The van der Waals surface area contributed by atoms with Gasteiger partial charge in [0.2, 0.25) is 0 Å². The van der Waals surface area contributed by atoms with Gasteiger partial charge in [-0.25, -0.2) is 9.78 Å². The summed E-state index contributed by atoms with van der Waals surface area (Å²) < 4.78 is 6.73. The van der Waals surface area contributed by atoms with Crippen molar-refractivity contribution in [2.24, 2.45) is 0 Å². The molecule has 9 nitrogen and oxygen atoms in total. The third-order valence-corrected chi connectivity index (χ3v) is 5.01. The third kappa shape index (κ3) is 2.99. The fraction of sp³-hybridized carbons (Fsp3) is 0.389. The lowest BCUT2D eigenvalue weighted by atomic mass is 10.1. The number of benzene rings is 1. The van der Waals surface area contributed by atoms with E-state index in [0.717, 1.165) is 22.2 Å². The monoisotopic (exact) mass is 372 g/mol. The molecule has 142 valence electrons. The number of imidazole rings is 1. The normalized spacial score (nSPS) is 22.6. The number of aromatic amines is 2. The molecular weight excluding hydrogens is 352 g/mol. The molecule has 27 heavy (non-hydrogen) atoms. The van der Waals surface area contributed by atoms with Crippen LogP contribution in [0.25, 0.3) is 22.4 Å². The number of aliphatic hydroxyl groups excluding tert-OH is 2. The Bertz CT molecular complexity index is 1090. The molecule has 1 aliphatic rings. The maximum Gasteiger partial charge on any atom is 0.330 e. The van der Waals surface area contributed by atoms with Crippen LogP contribution in [0.3, 0.4) is 0 Å². The Kier molecular flexibility index (Phi) is 4.22. The van der Waals surface area contributed by atoms with Crippen molar-refractivity contribution in [2.45, 2.75) is 38.7 Å². The summed E-state index contributed by atoms with van der Waals surface area (Å²) in [5.41, 5.74) is 2.66. The molecule has 0 unspecified atom stereocenters. The lowest BCUT2D eigenvalue weighted by Gasteiger charge is -2.14. The van der Waals surface area contributed by atoms with Crippen molar-refractivity contribution >= 4 is 11.0 Å². The van der Waals surface area contributed by atoms with E-state index in [9.17, 15) is 19.8 Å². The fourth-order valence-electron chi connectivity index (χ4n) is 3.32. The molecule has 4 rings (SSSR count). The number of nitrogens with one attached hydrogen (secondary N) is 2. The first-order valence-corrected chi connectivity index (χ1v) is 8.64. The van der Waals surface area contributed by atoms with Crippen LogP contribution in [-0.4, -0.2) is 48.5 Å². The molecule has 0 saturated carbocycles.